The normalized spacial score (nSPS) is 24.2. The monoisotopic (exact) mass is 467 g/mol. The van der Waals surface area contributed by atoms with Crippen molar-refractivity contribution in [2.24, 2.45) is 11.8 Å². The fraction of sp³-hybridized carbons (Fsp3) is 0.542. The van der Waals surface area contributed by atoms with Gasteiger partial charge in [-0.2, -0.15) is 0 Å². The quantitative estimate of drug-likeness (QED) is 0.615. The summed E-state index contributed by atoms with van der Waals surface area (Å²) in [4.78, 5) is 47.1. The molecule has 34 heavy (non-hydrogen) atoms. The van der Waals surface area contributed by atoms with Crippen molar-refractivity contribution in [2.45, 2.75) is 56.9 Å². The van der Waals surface area contributed by atoms with E-state index in [0.29, 0.717) is 43.5 Å². The Morgan fingerprint density at radius 3 is 2.65 bits per heavy atom. The molecule has 1 atom stereocenters. The zero-order valence-electron chi connectivity index (χ0n) is 19.1. The van der Waals surface area contributed by atoms with Gasteiger partial charge in [0.2, 0.25) is 11.8 Å². The highest BCUT2D eigenvalue weighted by atomic mass is 16.5. The smallest absolute Gasteiger partial charge is 0.273 e. The lowest BCUT2D eigenvalue weighted by Crippen LogP contribution is -2.49. The van der Waals surface area contributed by atoms with E-state index >= 15 is 0 Å². The first-order chi connectivity index (χ1) is 16.5. The van der Waals surface area contributed by atoms with Crippen molar-refractivity contribution in [3.05, 3.63) is 36.2 Å². The molecule has 2 aromatic heterocycles. The van der Waals surface area contributed by atoms with Gasteiger partial charge in [-0.25, -0.2) is 9.97 Å². The van der Waals surface area contributed by atoms with Crippen LogP contribution < -0.4 is 16.0 Å². The maximum Gasteiger partial charge on any atom is 0.273 e. The fourth-order valence-electron chi connectivity index (χ4n) is 5.35. The number of hydrogen-bond acceptors (Lipinski definition) is 7. The number of carbonyl (C=O) groups is 3. The standard InChI is InChI=1S/C24H29N5O5/c1-14-2-4-15(5-3-14)20(29-21(30)18-12-34-13-26-18)22(31)28-19-10-17-16(11-25-19)24(23(32)27-17)6-8-33-9-7-24/h10-15,20H,2-9H2,1H3,(H,27,32)(H,29,30)(H,25,28,31)/t14?,15?,20-/m0/s1. The molecule has 0 radical (unpaired) electrons. The largest absolute Gasteiger partial charge is 0.451 e. The molecule has 3 N–H and O–H groups in total. The van der Waals surface area contributed by atoms with E-state index < -0.39 is 17.4 Å². The molecule has 0 bridgehead atoms. The van der Waals surface area contributed by atoms with E-state index in [4.69, 9.17) is 9.15 Å². The molecule has 180 valence electrons. The second-order valence-corrected chi connectivity index (χ2v) is 9.60. The van der Waals surface area contributed by atoms with Gasteiger partial charge in [-0.1, -0.05) is 19.8 Å². The zero-order chi connectivity index (χ0) is 23.7. The number of carbonyl (C=O) groups excluding carboxylic acids is 3. The Morgan fingerprint density at radius 2 is 1.94 bits per heavy atom. The van der Waals surface area contributed by atoms with Gasteiger partial charge < -0.3 is 25.1 Å². The first-order valence-corrected chi connectivity index (χ1v) is 11.9. The number of rotatable bonds is 5. The van der Waals surface area contributed by atoms with Crippen LogP contribution in [0.5, 0.6) is 0 Å². The Labute approximate surface area is 197 Å². The predicted octanol–water partition coefficient (Wildman–Crippen LogP) is 2.63. The average Bonchev–Trinajstić information content (AvgIpc) is 3.46. The molecule has 1 aliphatic carbocycles. The number of fused-ring (bicyclic) bond motifs is 2. The molecule has 1 saturated heterocycles. The van der Waals surface area contributed by atoms with Gasteiger partial charge in [0.25, 0.3) is 5.91 Å². The molecule has 1 saturated carbocycles. The summed E-state index contributed by atoms with van der Waals surface area (Å²) in [5.41, 5.74) is 1.01. The number of hydrogen-bond donors (Lipinski definition) is 3. The van der Waals surface area contributed by atoms with Gasteiger partial charge in [0, 0.05) is 31.0 Å². The molecule has 4 heterocycles. The summed E-state index contributed by atoms with van der Waals surface area (Å²) < 4.78 is 10.3. The predicted molar refractivity (Wildman–Crippen MR) is 122 cm³/mol. The van der Waals surface area contributed by atoms with Crippen LogP contribution in [0.3, 0.4) is 0 Å². The van der Waals surface area contributed by atoms with Crippen molar-refractivity contribution in [1.29, 1.82) is 0 Å². The van der Waals surface area contributed by atoms with Crippen molar-refractivity contribution >= 4 is 29.2 Å². The maximum atomic E-state index is 13.3. The summed E-state index contributed by atoms with van der Waals surface area (Å²) in [6, 6.07) is 0.956. The third-order valence-corrected chi connectivity index (χ3v) is 7.47. The van der Waals surface area contributed by atoms with Crippen LogP contribution in [0.25, 0.3) is 0 Å². The van der Waals surface area contributed by atoms with E-state index in [2.05, 4.69) is 32.8 Å². The van der Waals surface area contributed by atoms with E-state index in [1.165, 1.54) is 12.7 Å². The number of anilines is 2. The van der Waals surface area contributed by atoms with Crippen LogP contribution in [0.4, 0.5) is 11.5 Å². The first-order valence-electron chi connectivity index (χ1n) is 11.9. The van der Waals surface area contributed by atoms with E-state index in [1.54, 1.807) is 12.3 Å². The molecule has 3 aliphatic rings. The molecule has 2 aliphatic heterocycles. The third kappa shape index (κ3) is 4.18. The molecular formula is C24H29N5O5. The van der Waals surface area contributed by atoms with Gasteiger partial charge in [0.15, 0.2) is 12.1 Å². The van der Waals surface area contributed by atoms with E-state index in [9.17, 15) is 14.4 Å². The van der Waals surface area contributed by atoms with Crippen molar-refractivity contribution in [1.82, 2.24) is 15.3 Å². The SMILES string of the molecule is CC1CCC([C@H](NC(=O)c2cocn2)C(=O)Nc2cc3c(cn2)C2(CCOCC2)C(=O)N3)CC1. The van der Waals surface area contributed by atoms with Crippen LogP contribution in [-0.4, -0.2) is 46.9 Å². The number of amides is 3. The van der Waals surface area contributed by atoms with Crippen LogP contribution in [0, 0.1) is 11.8 Å². The summed E-state index contributed by atoms with van der Waals surface area (Å²) in [7, 11) is 0. The molecule has 1 spiro atoms. The van der Waals surface area contributed by atoms with E-state index in [0.717, 1.165) is 31.2 Å². The van der Waals surface area contributed by atoms with E-state index in [1.807, 2.05) is 0 Å². The van der Waals surface area contributed by atoms with Crippen molar-refractivity contribution in [2.75, 3.05) is 23.8 Å². The molecule has 0 aromatic carbocycles. The summed E-state index contributed by atoms with van der Waals surface area (Å²) >= 11 is 0. The van der Waals surface area contributed by atoms with Crippen LogP contribution in [-0.2, 0) is 19.7 Å². The fourth-order valence-corrected chi connectivity index (χ4v) is 5.35. The number of aromatic nitrogens is 2. The number of nitrogens with zero attached hydrogens (tertiary/aromatic N) is 2. The molecule has 3 amide bonds. The maximum absolute atomic E-state index is 13.3. The Morgan fingerprint density at radius 1 is 1.18 bits per heavy atom. The van der Waals surface area contributed by atoms with Crippen LogP contribution in [0.2, 0.25) is 0 Å². The lowest BCUT2D eigenvalue weighted by atomic mass is 9.76. The Bertz CT molecular complexity index is 1070. The van der Waals surface area contributed by atoms with E-state index in [-0.39, 0.29) is 23.4 Å². The van der Waals surface area contributed by atoms with Crippen LogP contribution in [0.15, 0.2) is 29.3 Å². The molecule has 0 unspecified atom stereocenters. The molecular weight excluding hydrogens is 438 g/mol. The third-order valence-electron chi connectivity index (χ3n) is 7.47. The highest BCUT2D eigenvalue weighted by molar-refractivity contribution is 6.07. The average molecular weight is 468 g/mol. The topological polar surface area (TPSA) is 135 Å². The minimum atomic E-state index is -0.733. The van der Waals surface area contributed by atoms with Crippen molar-refractivity contribution in [3.8, 4) is 0 Å². The van der Waals surface area contributed by atoms with Crippen LogP contribution >= 0.6 is 0 Å². The molecule has 10 heteroatoms. The second-order valence-electron chi connectivity index (χ2n) is 9.60. The first kappa shape index (κ1) is 22.5. The number of oxazole rings is 1. The minimum absolute atomic E-state index is 0.00619. The summed E-state index contributed by atoms with van der Waals surface area (Å²) in [6.45, 7) is 3.25. The molecule has 10 nitrogen and oxygen atoms in total. The van der Waals surface area contributed by atoms with Crippen molar-refractivity contribution in [3.63, 3.8) is 0 Å². The molecule has 5 rings (SSSR count). The number of pyridine rings is 1. The minimum Gasteiger partial charge on any atom is -0.451 e. The summed E-state index contributed by atoms with van der Waals surface area (Å²) in [5.74, 6) is 0.0951. The zero-order valence-corrected chi connectivity index (χ0v) is 19.1. The number of nitrogens with one attached hydrogen (secondary N) is 3. The van der Waals surface area contributed by atoms with Gasteiger partial charge in [-0.05, 0) is 37.5 Å². The molecule has 2 fully saturated rings. The Hall–Kier alpha value is -3.27. The van der Waals surface area contributed by atoms with Gasteiger partial charge in [0.1, 0.15) is 18.1 Å². The van der Waals surface area contributed by atoms with Crippen LogP contribution in [0.1, 0.15) is 61.5 Å². The van der Waals surface area contributed by atoms with Gasteiger partial charge >= 0.3 is 0 Å². The summed E-state index contributed by atoms with van der Waals surface area (Å²) in [6.07, 6.45) is 9.01. The van der Waals surface area contributed by atoms with Gasteiger partial charge in [-0.15, -0.1) is 0 Å². The number of ether oxygens (including phenoxy) is 1. The highest BCUT2D eigenvalue weighted by Crippen LogP contribution is 2.44. The Kier molecular flexibility index (Phi) is 6.07. The second kappa shape index (κ2) is 9.17. The van der Waals surface area contributed by atoms with Crippen molar-refractivity contribution < 1.29 is 23.5 Å². The molecule has 2 aromatic rings. The lowest BCUT2D eigenvalue weighted by molar-refractivity contribution is -0.124. The lowest BCUT2D eigenvalue weighted by Gasteiger charge is -2.32. The van der Waals surface area contributed by atoms with Gasteiger partial charge in [0.05, 0.1) is 11.1 Å². The van der Waals surface area contributed by atoms with Gasteiger partial charge in [-0.3, -0.25) is 14.4 Å². The Balaban J connectivity index is 1.34. The summed E-state index contributed by atoms with van der Waals surface area (Å²) in [5, 5.41) is 8.64. The highest BCUT2D eigenvalue weighted by Gasteiger charge is 2.48.